The Morgan fingerprint density at radius 3 is 1.53 bits per heavy atom. The highest BCUT2D eigenvalue weighted by Crippen LogP contribution is 2.43. The molecule has 3 amide bonds. The lowest BCUT2D eigenvalue weighted by molar-refractivity contribution is -0.161. The van der Waals surface area contributed by atoms with Gasteiger partial charge in [-0.05, 0) is 64.2 Å². The first kappa shape index (κ1) is 56.9. The first-order valence-corrected chi connectivity index (χ1v) is 25.6. The van der Waals surface area contributed by atoms with Crippen molar-refractivity contribution in [1.82, 2.24) is 10.2 Å². The summed E-state index contributed by atoms with van der Waals surface area (Å²) in [4.78, 5) is 71.9. The number of allylic oxidation sites excluding steroid dienone is 4. The fourth-order valence-electron chi connectivity index (χ4n) is 6.82. The standard InChI is InChI=1S/C48H83N2O11P/c1-3-5-7-9-11-13-15-17-19-21-23-25-27-29-31-33-47(54)58-41-43(61-48(55)34-32-30-28-26-24-22-20-18-16-14-12-10-8-6-4-2)42-60-62(56,57)59-40-38-49-44(51)37-39-50-45(52)35-36-46(50)53/h17-20,35-36,43H,3-16,21-34,37-42H2,1-2H3,(H,49,51)(H,56,57). The second-order valence-corrected chi connectivity index (χ2v) is 17.8. The highest BCUT2D eigenvalue weighted by Gasteiger charge is 2.27. The number of carbonyl (C=O) groups excluding carboxylic acids is 5. The van der Waals surface area contributed by atoms with E-state index in [1.54, 1.807) is 0 Å². The van der Waals surface area contributed by atoms with Crippen LogP contribution in [0.3, 0.4) is 0 Å². The third kappa shape index (κ3) is 34.4. The van der Waals surface area contributed by atoms with Crippen molar-refractivity contribution >= 4 is 37.5 Å². The maximum atomic E-state index is 12.8. The molecule has 0 bridgehead atoms. The predicted molar refractivity (Wildman–Crippen MR) is 245 cm³/mol. The fourth-order valence-corrected chi connectivity index (χ4v) is 7.57. The van der Waals surface area contributed by atoms with Gasteiger partial charge in [-0.2, -0.15) is 0 Å². The average molecular weight is 895 g/mol. The molecule has 0 saturated heterocycles. The maximum Gasteiger partial charge on any atom is 0.472 e. The Balaban J connectivity index is 2.40. The SMILES string of the molecule is CCCCCCCCC=CCCCCCCCC(=O)OCC(COP(=O)(O)OCCNC(=O)CCN1C(=O)C=CC1=O)OC(=O)CCCCCCCC=CCCCCCCCC. The summed E-state index contributed by atoms with van der Waals surface area (Å²) in [6.07, 6.45) is 40.1. The zero-order valence-electron chi connectivity index (χ0n) is 38.5. The quantitative estimate of drug-likeness (QED) is 0.0196. The Kier molecular flexibility index (Phi) is 36.2. The molecule has 13 nitrogen and oxygen atoms in total. The monoisotopic (exact) mass is 895 g/mol. The molecule has 2 N–H and O–H groups in total. The van der Waals surface area contributed by atoms with Crippen molar-refractivity contribution in [3.63, 3.8) is 0 Å². The van der Waals surface area contributed by atoms with Crippen LogP contribution < -0.4 is 5.32 Å². The van der Waals surface area contributed by atoms with Crippen LogP contribution in [0.4, 0.5) is 0 Å². The van der Waals surface area contributed by atoms with Crippen LogP contribution in [0.15, 0.2) is 36.5 Å². The number of nitrogens with zero attached hydrogens (tertiary/aromatic N) is 1. The summed E-state index contributed by atoms with van der Waals surface area (Å²) >= 11 is 0. The summed E-state index contributed by atoms with van der Waals surface area (Å²) in [5.41, 5.74) is 0. The normalized spacial score (nSPS) is 14.3. The number of phosphoric ester groups is 1. The van der Waals surface area contributed by atoms with Crippen LogP contribution in [0.5, 0.6) is 0 Å². The summed E-state index contributed by atoms with van der Waals surface area (Å²) in [5.74, 6) is -2.45. The van der Waals surface area contributed by atoms with Gasteiger partial charge in [0.15, 0.2) is 6.10 Å². The van der Waals surface area contributed by atoms with E-state index < -0.39 is 50.2 Å². The Morgan fingerprint density at radius 1 is 0.613 bits per heavy atom. The molecule has 2 atom stereocenters. The lowest BCUT2D eigenvalue weighted by atomic mass is 10.1. The molecule has 0 fully saturated rings. The molecule has 0 aromatic heterocycles. The molecule has 2 unspecified atom stereocenters. The number of hydrogen-bond donors (Lipinski definition) is 2. The van der Waals surface area contributed by atoms with Crippen molar-refractivity contribution in [2.75, 3.05) is 32.9 Å². The molecular formula is C48H83N2O11P. The van der Waals surface area contributed by atoms with Crippen molar-refractivity contribution in [3.8, 4) is 0 Å². The number of rotatable bonds is 43. The van der Waals surface area contributed by atoms with Crippen LogP contribution in [-0.2, 0) is 47.1 Å². The van der Waals surface area contributed by atoms with Crippen LogP contribution in [0, 0.1) is 0 Å². The van der Waals surface area contributed by atoms with E-state index in [0.29, 0.717) is 12.8 Å². The van der Waals surface area contributed by atoms with Gasteiger partial charge in [0.05, 0.1) is 13.2 Å². The topological polar surface area (TPSA) is 175 Å². The molecule has 1 aliphatic rings. The number of imide groups is 1. The maximum absolute atomic E-state index is 12.8. The first-order valence-electron chi connectivity index (χ1n) is 24.1. The molecule has 0 saturated carbocycles. The summed E-state index contributed by atoms with van der Waals surface area (Å²) < 4.78 is 33.6. The summed E-state index contributed by atoms with van der Waals surface area (Å²) in [5, 5.41) is 2.48. The molecule has 1 heterocycles. The summed E-state index contributed by atoms with van der Waals surface area (Å²) in [7, 11) is -4.64. The molecule has 62 heavy (non-hydrogen) atoms. The number of amides is 3. The zero-order valence-corrected chi connectivity index (χ0v) is 39.4. The smallest absolute Gasteiger partial charge is 0.462 e. The fraction of sp³-hybridized carbons (Fsp3) is 0.771. The number of nitrogens with one attached hydrogen (secondary N) is 1. The van der Waals surface area contributed by atoms with Gasteiger partial charge < -0.3 is 19.7 Å². The minimum atomic E-state index is -4.64. The second-order valence-electron chi connectivity index (χ2n) is 16.3. The van der Waals surface area contributed by atoms with E-state index in [1.807, 2.05) is 0 Å². The van der Waals surface area contributed by atoms with Gasteiger partial charge in [-0.1, -0.05) is 141 Å². The van der Waals surface area contributed by atoms with Gasteiger partial charge in [0.25, 0.3) is 11.8 Å². The Labute approximate surface area is 374 Å². The number of ether oxygens (including phenoxy) is 2. The minimum Gasteiger partial charge on any atom is -0.462 e. The van der Waals surface area contributed by atoms with Crippen molar-refractivity contribution in [2.24, 2.45) is 0 Å². The molecule has 356 valence electrons. The second kappa shape index (κ2) is 39.5. The van der Waals surface area contributed by atoms with Crippen molar-refractivity contribution in [1.29, 1.82) is 0 Å². The van der Waals surface area contributed by atoms with Crippen LogP contribution in [0.2, 0.25) is 0 Å². The van der Waals surface area contributed by atoms with E-state index in [-0.39, 0.29) is 45.6 Å². The van der Waals surface area contributed by atoms with Gasteiger partial charge in [-0.3, -0.25) is 37.9 Å². The van der Waals surface area contributed by atoms with Crippen molar-refractivity contribution in [2.45, 2.75) is 206 Å². The third-order valence-electron chi connectivity index (χ3n) is 10.6. The highest BCUT2D eigenvalue weighted by molar-refractivity contribution is 7.47. The van der Waals surface area contributed by atoms with E-state index in [0.717, 1.165) is 94.1 Å². The lowest BCUT2D eigenvalue weighted by Crippen LogP contribution is -2.35. The van der Waals surface area contributed by atoms with Crippen LogP contribution >= 0.6 is 7.82 Å². The Hall–Kier alpha value is -3.12. The number of hydrogen-bond acceptors (Lipinski definition) is 10. The zero-order chi connectivity index (χ0) is 45.4. The molecule has 14 heteroatoms. The van der Waals surface area contributed by atoms with Crippen LogP contribution in [0.25, 0.3) is 0 Å². The molecule has 0 aliphatic carbocycles. The number of phosphoric acid groups is 1. The van der Waals surface area contributed by atoms with E-state index >= 15 is 0 Å². The van der Waals surface area contributed by atoms with Crippen molar-refractivity contribution in [3.05, 3.63) is 36.5 Å². The van der Waals surface area contributed by atoms with Gasteiger partial charge in [0.2, 0.25) is 5.91 Å². The molecule has 0 aromatic carbocycles. The number of esters is 2. The van der Waals surface area contributed by atoms with Gasteiger partial charge >= 0.3 is 19.8 Å². The Bertz CT molecular complexity index is 1330. The number of carbonyl (C=O) groups is 5. The highest BCUT2D eigenvalue weighted by atomic mass is 31.2. The molecule has 0 aromatic rings. The van der Waals surface area contributed by atoms with Gasteiger partial charge in [-0.25, -0.2) is 4.57 Å². The average Bonchev–Trinajstić information content (AvgIpc) is 3.57. The van der Waals surface area contributed by atoms with E-state index in [2.05, 4.69) is 43.5 Å². The van der Waals surface area contributed by atoms with E-state index in [4.69, 9.17) is 18.5 Å². The minimum absolute atomic E-state index is 0.0988. The van der Waals surface area contributed by atoms with Crippen LogP contribution in [0.1, 0.15) is 200 Å². The van der Waals surface area contributed by atoms with E-state index in [1.165, 1.54) is 77.0 Å². The Morgan fingerprint density at radius 2 is 1.05 bits per heavy atom. The molecular weight excluding hydrogens is 812 g/mol. The largest absolute Gasteiger partial charge is 0.472 e. The summed E-state index contributed by atoms with van der Waals surface area (Å²) in [6, 6.07) is 0. The van der Waals surface area contributed by atoms with Crippen LogP contribution in [-0.4, -0.2) is 78.5 Å². The van der Waals surface area contributed by atoms with Crippen molar-refractivity contribution < 1.29 is 52.0 Å². The van der Waals surface area contributed by atoms with Gasteiger partial charge in [-0.15, -0.1) is 0 Å². The molecule has 0 radical (unpaired) electrons. The van der Waals surface area contributed by atoms with Gasteiger partial charge in [0, 0.05) is 44.5 Å². The third-order valence-corrected chi connectivity index (χ3v) is 11.6. The number of unbranched alkanes of at least 4 members (excludes halogenated alkanes) is 22. The summed E-state index contributed by atoms with van der Waals surface area (Å²) in [6.45, 7) is 2.96. The molecule has 1 rings (SSSR count). The lowest BCUT2D eigenvalue weighted by Gasteiger charge is -2.20. The van der Waals surface area contributed by atoms with Gasteiger partial charge in [0.1, 0.15) is 6.61 Å². The molecule has 1 aliphatic heterocycles. The van der Waals surface area contributed by atoms with E-state index in [9.17, 15) is 33.4 Å². The molecule has 0 spiro atoms. The predicted octanol–water partition coefficient (Wildman–Crippen LogP) is 11.1. The first-order chi connectivity index (χ1) is 30.1.